The highest BCUT2D eigenvalue weighted by Gasteiger charge is 2.21. The van der Waals surface area contributed by atoms with Crippen LogP contribution in [-0.4, -0.2) is 9.17 Å². The smallest absolute Gasteiger partial charge is 0.0196 e. The van der Waals surface area contributed by atoms with Crippen molar-refractivity contribution in [3.05, 3.63) is 0 Å². The van der Waals surface area contributed by atoms with E-state index in [0.717, 1.165) is 11.7 Å². The molecule has 0 heterocycles. The van der Waals surface area contributed by atoms with Crippen LogP contribution >= 0.6 is 35.2 Å². The summed E-state index contributed by atoms with van der Waals surface area (Å²) in [6.45, 7) is 7.08. The van der Waals surface area contributed by atoms with Crippen molar-refractivity contribution in [1.29, 1.82) is 0 Å². The lowest BCUT2D eigenvalue weighted by molar-refractivity contribution is 0.421. The summed E-state index contributed by atoms with van der Waals surface area (Å²) in [6, 6.07) is 0. The van der Waals surface area contributed by atoms with Crippen molar-refractivity contribution in [2.45, 2.75) is 69.1 Å². The molecule has 0 aliphatic carbocycles. The fourth-order valence-corrected chi connectivity index (χ4v) is 3.29. The molecule has 2 atom stereocenters. The number of alkyl halides is 1. The van der Waals surface area contributed by atoms with Gasteiger partial charge in [0, 0.05) is 3.42 Å². The molecular formula is C13H27IS. The van der Waals surface area contributed by atoms with Crippen LogP contribution in [0.4, 0.5) is 0 Å². The molecule has 0 bridgehead atoms. The average Bonchev–Trinajstić information content (AvgIpc) is 2.16. The fourth-order valence-electron chi connectivity index (χ4n) is 1.93. The molecule has 2 unspecified atom stereocenters. The van der Waals surface area contributed by atoms with Gasteiger partial charge in [-0.1, -0.05) is 69.0 Å². The maximum atomic E-state index is 4.24. The number of halogens is 1. The number of unbranched alkanes of at least 4 members (excludes halogenated alkanes) is 3. The van der Waals surface area contributed by atoms with Gasteiger partial charge in [0.25, 0.3) is 0 Å². The lowest BCUT2D eigenvalue weighted by atomic mass is 9.91. The predicted molar refractivity (Wildman–Crippen MR) is 83.4 cm³/mol. The van der Waals surface area contributed by atoms with Gasteiger partial charge in [-0.05, 0) is 30.9 Å². The van der Waals surface area contributed by atoms with E-state index in [4.69, 9.17) is 0 Å². The Hall–Kier alpha value is 1.08. The molecule has 0 saturated carbocycles. The maximum Gasteiger partial charge on any atom is 0.0196 e. The van der Waals surface area contributed by atoms with Crippen LogP contribution in [0.25, 0.3) is 0 Å². The molecule has 0 aromatic carbocycles. The van der Waals surface area contributed by atoms with Crippen LogP contribution in [0.2, 0.25) is 0 Å². The Morgan fingerprint density at radius 3 is 2.33 bits per heavy atom. The summed E-state index contributed by atoms with van der Waals surface area (Å²) in [6.07, 6.45) is 9.49. The molecule has 0 fully saturated rings. The van der Waals surface area contributed by atoms with E-state index in [2.05, 4.69) is 56.0 Å². The number of hydrogen-bond acceptors (Lipinski definition) is 1. The Kier molecular flexibility index (Phi) is 9.80. The summed E-state index contributed by atoms with van der Waals surface area (Å²) in [4.78, 5) is 0. The summed E-state index contributed by atoms with van der Waals surface area (Å²) in [5, 5.41) is 0. The third kappa shape index (κ3) is 9.98. The topological polar surface area (TPSA) is 0 Å². The van der Waals surface area contributed by atoms with E-state index in [1.54, 1.807) is 0 Å². The minimum atomic E-state index is 0.522. The first-order chi connectivity index (χ1) is 7.02. The van der Waals surface area contributed by atoms with Gasteiger partial charge in [-0.3, -0.25) is 0 Å². The lowest BCUT2D eigenvalue weighted by Gasteiger charge is -2.25. The van der Waals surface area contributed by atoms with E-state index in [0.29, 0.717) is 3.42 Å². The molecule has 0 aromatic rings. The van der Waals surface area contributed by atoms with E-state index in [1.165, 1.54) is 44.9 Å². The first-order valence-corrected chi connectivity index (χ1v) is 8.02. The molecule has 0 radical (unpaired) electrons. The SMILES string of the molecule is CCC(C)CC(C)(I)CCCCCCS. The monoisotopic (exact) mass is 342 g/mol. The normalized spacial score (nSPS) is 17.4. The molecule has 0 spiro atoms. The van der Waals surface area contributed by atoms with Crippen LogP contribution in [0.3, 0.4) is 0 Å². The van der Waals surface area contributed by atoms with Crippen LogP contribution in [0, 0.1) is 5.92 Å². The number of rotatable bonds is 9. The Balaban J connectivity index is 3.55. The van der Waals surface area contributed by atoms with Crippen LogP contribution in [-0.2, 0) is 0 Å². The third-order valence-corrected chi connectivity index (χ3v) is 4.37. The van der Waals surface area contributed by atoms with Crippen LogP contribution < -0.4 is 0 Å². The summed E-state index contributed by atoms with van der Waals surface area (Å²) in [5.74, 6) is 1.93. The van der Waals surface area contributed by atoms with Crippen LogP contribution in [0.15, 0.2) is 0 Å². The molecule has 0 saturated heterocycles. The average molecular weight is 342 g/mol. The highest BCUT2D eigenvalue weighted by molar-refractivity contribution is 14.1. The summed E-state index contributed by atoms with van der Waals surface area (Å²) >= 11 is 6.90. The number of hydrogen-bond donors (Lipinski definition) is 1. The molecule has 15 heavy (non-hydrogen) atoms. The fraction of sp³-hybridized carbons (Fsp3) is 1.00. The maximum absolute atomic E-state index is 4.24. The van der Waals surface area contributed by atoms with Gasteiger partial charge in [0.1, 0.15) is 0 Å². The second kappa shape index (κ2) is 9.15. The quantitative estimate of drug-likeness (QED) is 0.243. The van der Waals surface area contributed by atoms with Crippen molar-refractivity contribution >= 4 is 35.2 Å². The minimum Gasteiger partial charge on any atom is -0.179 e. The third-order valence-electron chi connectivity index (χ3n) is 3.08. The van der Waals surface area contributed by atoms with Gasteiger partial charge in [-0.15, -0.1) is 0 Å². The van der Waals surface area contributed by atoms with Gasteiger partial charge in [-0.2, -0.15) is 12.6 Å². The van der Waals surface area contributed by atoms with E-state index < -0.39 is 0 Å². The van der Waals surface area contributed by atoms with Gasteiger partial charge < -0.3 is 0 Å². The van der Waals surface area contributed by atoms with Gasteiger partial charge in [0.2, 0.25) is 0 Å². The zero-order chi connectivity index (χ0) is 11.7. The first-order valence-electron chi connectivity index (χ1n) is 6.31. The van der Waals surface area contributed by atoms with Crippen molar-refractivity contribution < 1.29 is 0 Å². The largest absolute Gasteiger partial charge is 0.179 e. The van der Waals surface area contributed by atoms with Crippen molar-refractivity contribution in [2.75, 3.05) is 5.75 Å². The highest BCUT2D eigenvalue weighted by atomic mass is 127. The molecule has 0 nitrogen and oxygen atoms in total. The predicted octanol–water partition coefficient (Wildman–Crippen LogP) is 5.50. The standard InChI is InChI=1S/C13H27IS/c1-4-12(2)11-13(3,14)9-7-5-6-8-10-15/h12,15H,4-11H2,1-3H3. The van der Waals surface area contributed by atoms with Crippen LogP contribution in [0.1, 0.15) is 65.7 Å². The molecule has 0 aliphatic rings. The van der Waals surface area contributed by atoms with Crippen molar-refractivity contribution in [3.8, 4) is 0 Å². The zero-order valence-corrected chi connectivity index (χ0v) is 13.6. The zero-order valence-electron chi connectivity index (χ0n) is 10.6. The second-order valence-electron chi connectivity index (χ2n) is 5.02. The minimum absolute atomic E-state index is 0.522. The Morgan fingerprint density at radius 2 is 1.80 bits per heavy atom. The van der Waals surface area contributed by atoms with Crippen molar-refractivity contribution in [2.24, 2.45) is 5.92 Å². The van der Waals surface area contributed by atoms with Gasteiger partial charge in [0.05, 0.1) is 0 Å². The molecule has 0 aromatic heterocycles. The highest BCUT2D eigenvalue weighted by Crippen LogP contribution is 2.33. The lowest BCUT2D eigenvalue weighted by Crippen LogP contribution is -2.18. The van der Waals surface area contributed by atoms with Gasteiger partial charge in [0.15, 0.2) is 0 Å². The van der Waals surface area contributed by atoms with E-state index >= 15 is 0 Å². The molecule has 0 amide bonds. The summed E-state index contributed by atoms with van der Waals surface area (Å²) in [7, 11) is 0. The Labute approximate surface area is 116 Å². The summed E-state index contributed by atoms with van der Waals surface area (Å²) in [5.41, 5.74) is 0. The Morgan fingerprint density at radius 1 is 1.20 bits per heavy atom. The molecule has 0 aliphatic heterocycles. The molecular weight excluding hydrogens is 315 g/mol. The summed E-state index contributed by atoms with van der Waals surface area (Å²) < 4.78 is 0.522. The van der Waals surface area contributed by atoms with Crippen LogP contribution in [0.5, 0.6) is 0 Å². The van der Waals surface area contributed by atoms with Crippen molar-refractivity contribution in [1.82, 2.24) is 0 Å². The van der Waals surface area contributed by atoms with E-state index in [-0.39, 0.29) is 0 Å². The van der Waals surface area contributed by atoms with Gasteiger partial charge >= 0.3 is 0 Å². The van der Waals surface area contributed by atoms with Gasteiger partial charge in [-0.25, -0.2) is 0 Å². The van der Waals surface area contributed by atoms with E-state index in [9.17, 15) is 0 Å². The molecule has 0 N–H and O–H groups in total. The molecule has 0 rings (SSSR count). The first kappa shape index (κ1) is 16.1. The van der Waals surface area contributed by atoms with Crippen molar-refractivity contribution in [3.63, 3.8) is 0 Å². The molecule has 92 valence electrons. The molecule has 2 heteroatoms. The number of thiol groups is 1. The van der Waals surface area contributed by atoms with E-state index in [1.807, 2.05) is 0 Å². The Bertz CT molecular complexity index is 145. The second-order valence-corrected chi connectivity index (χ2v) is 8.07.